The van der Waals surface area contributed by atoms with Crippen LogP contribution in [0.5, 0.6) is 0 Å². The predicted molar refractivity (Wildman–Crippen MR) is 82.7 cm³/mol. The number of hydrogen-bond donors (Lipinski definition) is 1. The Hall–Kier alpha value is -0.920. The van der Waals surface area contributed by atoms with Gasteiger partial charge in [0.15, 0.2) is 5.03 Å². The molecule has 0 unspecified atom stereocenters. The number of hydrogen-bond acceptors (Lipinski definition) is 4. The van der Waals surface area contributed by atoms with Crippen molar-refractivity contribution in [2.24, 2.45) is 0 Å². The van der Waals surface area contributed by atoms with Crippen LogP contribution in [0, 0.1) is 6.92 Å². The van der Waals surface area contributed by atoms with Crippen LogP contribution in [0.2, 0.25) is 0 Å². The molecule has 0 aliphatic carbocycles. The summed E-state index contributed by atoms with van der Waals surface area (Å²) in [4.78, 5) is 4.27. The first kappa shape index (κ1) is 16.5. The molecule has 0 amide bonds. The Kier molecular flexibility index (Phi) is 5.40. The average Bonchev–Trinajstić information content (AvgIpc) is 2.87. The predicted octanol–water partition coefficient (Wildman–Crippen LogP) is 1.36. The molecule has 0 radical (unpaired) electrons. The lowest BCUT2D eigenvalue weighted by atomic mass is 10.1. The number of imidazole rings is 1. The first-order chi connectivity index (χ1) is 10.0. The van der Waals surface area contributed by atoms with Crippen molar-refractivity contribution in [2.45, 2.75) is 57.6 Å². The van der Waals surface area contributed by atoms with Gasteiger partial charge in [0.05, 0.1) is 0 Å². The zero-order valence-electron chi connectivity index (χ0n) is 13.2. The fourth-order valence-corrected chi connectivity index (χ4v) is 4.63. The molecule has 1 saturated heterocycles. The molecule has 7 heteroatoms. The van der Waals surface area contributed by atoms with E-state index >= 15 is 0 Å². The molecule has 1 fully saturated rings. The molecule has 1 aromatic heterocycles. The lowest BCUT2D eigenvalue weighted by Gasteiger charge is -2.32. The number of sulfonamides is 1. The van der Waals surface area contributed by atoms with Crippen molar-refractivity contribution in [1.29, 1.82) is 0 Å². The Balaban J connectivity index is 2.31. The first-order valence-electron chi connectivity index (χ1n) is 7.77. The Morgan fingerprint density at radius 3 is 2.57 bits per heavy atom. The summed E-state index contributed by atoms with van der Waals surface area (Å²) in [5.41, 5.74) is 0. The third-order valence-electron chi connectivity index (χ3n) is 4.03. The van der Waals surface area contributed by atoms with Gasteiger partial charge in [-0.2, -0.15) is 4.31 Å². The van der Waals surface area contributed by atoms with Crippen LogP contribution >= 0.6 is 0 Å². The van der Waals surface area contributed by atoms with Crippen LogP contribution < -0.4 is 5.32 Å². The fraction of sp³-hybridized carbons (Fsp3) is 0.786. The van der Waals surface area contributed by atoms with Crippen LogP contribution in [0.15, 0.2) is 11.2 Å². The van der Waals surface area contributed by atoms with Gasteiger partial charge >= 0.3 is 0 Å². The number of nitrogens with zero attached hydrogens (tertiary/aromatic N) is 3. The molecule has 1 aliphatic rings. The fourth-order valence-electron chi connectivity index (χ4n) is 2.86. The molecule has 1 aliphatic heterocycles. The summed E-state index contributed by atoms with van der Waals surface area (Å²) in [7, 11) is -3.50. The van der Waals surface area contributed by atoms with Gasteiger partial charge < -0.3 is 9.88 Å². The summed E-state index contributed by atoms with van der Waals surface area (Å²) in [6.07, 6.45) is 4.21. The van der Waals surface area contributed by atoms with E-state index in [4.69, 9.17) is 0 Å². The largest absolute Gasteiger partial charge is 0.334 e. The minimum absolute atomic E-state index is 0.0864. The third-order valence-corrected chi connectivity index (χ3v) is 5.85. The summed E-state index contributed by atoms with van der Waals surface area (Å²) in [5, 5.41) is 3.47. The Bertz CT molecular complexity index is 562. The van der Waals surface area contributed by atoms with E-state index in [1.165, 1.54) is 0 Å². The summed E-state index contributed by atoms with van der Waals surface area (Å²) in [5.74, 6) is 0.748. The van der Waals surface area contributed by atoms with Gasteiger partial charge in [-0.15, -0.1) is 0 Å². The van der Waals surface area contributed by atoms with Crippen molar-refractivity contribution in [2.75, 3.05) is 19.6 Å². The van der Waals surface area contributed by atoms with Crippen molar-refractivity contribution in [3.8, 4) is 0 Å². The van der Waals surface area contributed by atoms with Gasteiger partial charge in [0.25, 0.3) is 10.0 Å². The number of nitrogens with one attached hydrogen (secondary N) is 1. The normalized spacial score (nSPS) is 17.5. The van der Waals surface area contributed by atoms with E-state index in [2.05, 4.69) is 10.3 Å². The van der Waals surface area contributed by atoms with Crippen LogP contribution in [-0.2, 0) is 16.6 Å². The highest BCUT2D eigenvalue weighted by Gasteiger charge is 2.33. The van der Waals surface area contributed by atoms with Gasteiger partial charge in [-0.1, -0.05) is 6.92 Å². The van der Waals surface area contributed by atoms with Gasteiger partial charge in [-0.05, 0) is 46.2 Å². The highest BCUT2D eigenvalue weighted by Crippen LogP contribution is 2.22. The van der Waals surface area contributed by atoms with Crippen LogP contribution in [0.3, 0.4) is 0 Å². The molecule has 0 bridgehead atoms. The summed E-state index contributed by atoms with van der Waals surface area (Å²) in [6.45, 7) is 8.89. The molecule has 2 rings (SSSR count). The highest BCUT2D eigenvalue weighted by molar-refractivity contribution is 7.89. The zero-order valence-corrected chi connectivity index (χ0v) is 14.0. The molecule has 120 valence electrons. The molecule has 0 saturated carbocycles. The van der Waals surface area contributed by atoms with Crippen molar-refractivity contribution < 1.29 is 8.42 Å². The summed E-state index contributed by atoms with van der Waals surface area (Å²) >= 11 is 0. The van der Waals surface area contributed by atoms with E-state index in [-0.39, 0.29) is 11.1 Å². The Labute approximate surface area is 127 Å². The van der Waals surface area contributed by atoms with Crippen LogP contribution in [0.25, 0.3) is 0 Å². The van der Waals surface area contributed by atoms with Crippen LogP contribution in [0.4, 0.5) is 0 Å². The second-order valence-corrected chi connectivity index (χ2v) is 7.35. The van der Waals surface area contributed by atoms with Crippen molar-refractivity contribution in [3.05, 3.63) is 12.0 Å². The average molecular weight is 314 g/mol. The number of rotatable bonds is 6. The smallest absolute Gasteiger partial charge is 0.262 e. The molecule has 2 heterocycles. The topological polar surface area (TPSA) is 67.2 Å². The molecular formula is C14H26N4O2S. The van der Waals surface area contributed by atoms with E-state index in [1.807, 2.05) is 25.3 Å². The molecule has 6 nitrogen and oxygen atoms in total. The van der Waals surface area contributed by atoms with E-state index in [1.54, 1.807) is 10.5 Å². The summed E-state index contributed by atoms with van der Waals surface area (Å²) in [6, 6.07) is 0.0864. The van der Waals surface area contributed by atoms with E-state index < -0.39 is 10.0 Å². The molecular weight excluding hydrogens is 288 g/mol. The Morgan fingerprint density at radius 2 is 2.05 bits per heavy atom. The number of piperidine rings is 1. The standard InChI is InChI=1S/C14H26N4O2S/c1-4-10-18(13-6-8-15-9-7-13)21(19,20)14-11-17(5-2)12(3)16-14/h11,13,15H,4-10H2,1-3H3. The maximum atomic E-state index is 12.9. The molecule has 0 spiro atoms. The SMILES string of the molecule is CCCN(C1CCNCC1)S(=O)(=O)c1cn(CC)c(C)n1. The van der Waals surface area contributed by atoms with Gasteiger partial charge in [0, 0.05) is 25.3 Å². The van der Waals surface area contributed by atoms with Crippen molar-refractivity contribution in [3.63, 3.8) is 0 Å². The summed E-state index contributed by atoms with van der Waals surface area (Å²) < 4.78 is 29.4. The maximum Gasteiger partial charge on any atom is 0.262 e. The molecule has 1 aromatic rings. The quantitative estimate of drug-likeness (QED) is 0.861. The second-order valence-electron chi connectivity index (χ2n) is 5.51. The van der Waals surface area contributed by atoms with E-state index in [0.29, 0.717) is 6.54 Å². The zero-order chi connectivity index (χ0) is 15.5. The van der Waals surface area contributed by atoms with Crippen molar-refractivity contribution in [1.82, 2.24) is 19.2 Å². The molecule has 0 aromatic carbocycles. The number of aryl methyl sites for hydroxylation is 2. The minimum atomic E-state index is -3.50. The van der Waals surface area contributed by atoms with Crippen molar-refractivity contribution >= 4 is 10.0 Å². The highest BCUT2D eigenvalue weighted by atomic mass is 32.2. The monoisotopic (exact) mass is 314 g/mol. The molecule has 0 atom stereocenters. The lowest BCUT2D eigenvalue weighted by Crippen LogP contribution is -2.46. The third kappa shape index (κ3) is 3.46. The van der Waals surface area contributed by atoms with Gasteiger partial charge in [0.1, 0.15) is 5.82 Å². The van der Waals surface area contributed by atoms with Crippen LogP contribution in [0.1, 0.15) is 38.9 Å². The maximum absolute atomic E-state index is 12.9. The van der Waals surface area contributed by atoms with Crippen LogP contribution in [-0.4, -0.2) is 48.0 Å². The Morgan fingerprint density at radius 1 is 1.38 bits per heavy atom. The molecule has 21 heavy (non-hydrogen) atoms. The first-order valence-corrected chi connectivity index (χ1v) is 9.21. The molecule has 1 N–H and O–H groups in total. The second kappa shape index (κ2) is 6.89. The van der Waals surface area contributed by atoms with Gasteiger partial charge in [0.2, 0.25) is 0 Å². The minimum Gasteiger partial charge on any atom is -0.334 e. The van der Waals surface area contributed by atoms with Gasteiger partial charge in [-0.25, -0.2) is 13.4 Å². The van der Waals surface area contributed by atoms with E-state index in [0.717, 1.165) is 44.7 Å². The van der Waals surface area contributed by atoms with E-state index in [9.17, 15) is 8.42 Å². The number of aromatic nitrogens is 2. The van der Waals surface area contributed by atoms with Gasteiger partial charge in [-0.3, -0.25) is 0 Å². The lowest BCUT2D eigenvalue weighted by molar-refractivity contribution is 0.261.